The molecule has 1 aromatic carbocycles. The average Bonchev–Trinajstić information content (AvgIpc) is 2.39. The van der Waals surface area contributed by atoms with Gasteiger partial charge in [-0.3, -0.25) is 10.1 Å². The number of hydrogen-bond donors (Lipinski definition) is 1. The van der Waals surface area contributed by atoms with Gasteiger partial charge in [0, 0.05) is 25.1 Å². The molecule has 2 unspecified atom stereocenters. The molecule has 5 nitrogen and oxygen atoms in total. The zero-order valence-corrected chi connectivity index (χ0v) is 10.5. The Morgan fingerprint density at radius 1 is 1.50 bits per heavy atom. The Morgan fingerprint density at radius 2 is 2.22 bits per heavy atom. The van der Waals surface area contributed by atoms with Crippen molar-refractivity contribution in [2.75, 3.05) is 18.0 Å². The van der Waals surface area contributed by atoms with Crippen molar-refractivity contribution in [2.45, 2.75) is 25.9 Å². The normalized spacial score (nSPS) is 21.7. The fourth-order valence-corrected chi connectivity index (χ4v) is 2.51. The molecule has 1 N–H and O–H groups in total. The number of piperidine rings is 1. The molecule has 0 aromatic heterocycles. The molecule has 0 amide bonds. The zero-order valence-electron chi connectivity index (χ0n) is 10.5. The van der Waals surface area contributed by atoms with Gasteiger partial charge in [-0.1, -0.05) is 12.1 Å². The van der Waals surface area contributed by atoms with Gasteiger partial charge in [0.25, 0.3) is 5.69 Å². The van der Waals surface area contributed by atoms with Crippen LogP contribution in [0, 0.1) is 16.0 Å². The van der Waals surface area contributed by atoms with Crippen LogP contribution in [0.2, 0.25) is 0 Å². The molecule has 0 radical (unpaired) electrons. The Hall–Kier alpha value is -1.62. The standard InChI is InChI=1S/C13H18N2O3/c1-10(16)11-5-4-8-14(9-11)12-6-2-3-7-13(12)15(17)18/h2-3,6-7,10-11,16H,4-5,8-9H2,1H3. The smallest absolute Gasteiger partial charge is 0.292 e. The number of aliphatic hydroxyl groups is 1. The fraction of sp³-hybridized carbons (Fsp3) is 0.538. The molecule has 0 bridgehead atoms. The van der Waals surface area contributed by atoms with Gasteiger partial charge < -0.3 is 10.0 Å². The Morgan fingerprint density at radius 3 is 2.89 bits per heavy atom. The Bertz CT molecular complexity index is 434. The van der Waals surface area contributed by atoms with Crippen LogP contribution >= 0.6 is 0 Å². The van der Waals surface area contributed by atoms with Crippen LogP contribution in [-0.4, -0.2) is 29.2 Å². The summed E-state index contributed by atoms with van der Waals surface area (Å²) in [6, 6.07) is 6.80. The van der Waals surface area contributed by atoms with E-state index >= 15 is 0 Å². The second-order valence-electron chi connectivity index (χ2n) is 4.83. The highest BCUT2D eigenvalue weighted by atomic mass is 16.6. The van der Waals surface area contributed by atoms with Gasteiger partial charge in [-0.2, -0.15) is 0 Å². The van der Waals surface area contributed by atoms with Gasteiger partial charge >= 0.3 is 0 Å². The minimum absolute atomic E-state index is 0.142. The summed E-state index contributed by atoms with van der Waals surface area (Å²) in [5, 5.41) is 20.7. The van der Waals surface area contributed by atoms with Crippen molar-refractivity contribution >= 4 is 11.4 Å². The van der Waals surface area contributed by atoms with Crippen molar-refractivity contribution in [2.24, 2.45) is 5.92 Å². The summed E-state index contributed by atoms with van der Waals surface area (Å²) in [6.07, 6.45) is 1.58. The van der Waals surface area contributed by atoms with Gasteiger partial charge in [0.2, 0.25) is 0 Å². The third-order valence-electron chi connectivity index (χ3n) is 3.56. The first-order chi connectivity index (χ1) is 8.59. The largest absolute Gasteiger partial charge is 0.393 e. The van der Waals surface area contributed by atoms with Crippen LogP contribution in [0.15, 0.2) is 24.3 Å². The van der Waals surface area contributed by atoms with Crippen molar-refractivity contribution in [3.63, 3.8) is 0 Å². The van der Waals surface area contributed by atoms with Crippen molar-refractivity contribution < 1.29 is 10.0 Å². The number of nitro benzene ring substituents is 1. The SMILES string of the molecule is CC(O)C1CCCN(c2ccccc2[N+](=O)[O-])C1. The second kappa shape index (κ2) is 5.35. The average molecular weight is 250 g/mol. The lowest BCUT2D eigenvalue weighted by Gasteiger charge is -2.35. The van der Waals surface area contributed by atoms with E-state index in [2.05, 4.69) is 0 Å². The molecular formula is C13H18N2O3. The predicted molar refractivity (Wildman–Crippen MR) is 69.7 cm³/mol. The Kier molecular flexibility index (Phi) is 3.81. The maximum absolute atomic E-state index is 11.0. The summed E-state index contributed by atoms with van der Waals surface area (Å²) in [4.78, 5) is 12.7. The number of hydrogen-bond acceptors (Lipinski definition) is 4. The first kappa shape index (κ1) is 12.8. The van der Waals surface area contributed by atoms with Gasteiger partial charge in [-0.05, 0) is 25.8 Å². The van der Waals surface area contributed by atoms with E-state index in [0.29, 0.717) is 12.2 Å². The highest BCUT2D eigenvalue weighted by Crippen LogP contribution is 2.31. The molecule has 1 aliphatic heterocycles. The number of nitrogens with zero attached hydrogens (tertiary/aromatic N) is 2. The molecule has 1 fully saturated rings. The summed E-state index contributed by atoms with van der Waals surface area (Å²) >= 11 is 0. The summed E-state index contributed by atoms with van der Waals surface area (Å²) in [7, 11) is 0. The van der Waals surface area contributed by atoms with Crippen LogP contribution in [0.25, 0.3) is 0 Å². The highest BCUT2D eigenvalue weighted by Gasteiger charge is 2.27. The van der Waals surface area contributed by atoms with E-state index < -0.39 is 0 Å². The minimum Gasteiger partial charge on any atom is -0.393 e. The lowest BCUT2D eigenvalue weighted by molar-refractivity contribution is -0.384. The predicted octanol–water partition coefficient (Wildman–Crippen LogP) is 2.19. The maximum Gasteiger partial charge on any atom is 0.292 e. The molecule has 1 saturated heterocycles. The molecule has 1 heterocycles. The van der Waals surface area contributed by atoms with E-state index in [9.17, 15) is 15.2 Å². The number of nitro groups is 1. The molecular weight excluding hydrogens is 232 g/mol. The summed E-state index contributed by atoms with van der Waals surface area (Å²) in [5.41, 5.74) is 0.802. The number of para-hydroxylation sites is 2. The molecule has 1 aromatic rings. The lowest BCUT2D eigenvalue weighted by Crippen LogP contribution is -2.39. The van der Waals surface area contributed by atoms with E-state index in [1.807, 2.05) is 11.0 Å². The van der Waals surface area contributed by atoms with Gasteiger partial charge in [-0.25, -0.2) is 0 Å². The van der Waals surface area contributed by atoms with Crippen LogP contribution in [0.1, 0.15) is 19.8 Å². The minimum atomic E-state index is -0.365. The summed E-state index contributed by atoms with van der Waals surface area (Å²) in [5.74, 6) is 0.193. The van der Waals surface area contributed by atoms with E-state index in [4.69, 9.17) is 0 Å². The number of rotatable bonds is 3. The zero-order chi connectivity index (χ0) is 13.1. The quantitative estimate of drug-likeness (QED) is 0.659. The molecule has 18 heavy (non-hydrogen) atoms. The highest BCUT2D eigenvalue weighted by molar-refractivity contribution is 5.63. The monoisotopic (exact) mass is 250 g/mol. The number of anilines is 1. The van der Waals surface area contributed by atoms with Crippen LogP contribution < -0.4 is 4.90 Å². The molecule has 2 atom stereocenters. The van der Waals surface area contributed by atoms with Gasteiger partial charge in [0.05, 0.1) is 11.0 Å². The lowest BCUT2D eigenvalue weighted by atomic mass is 9.93. The summed E-state index contributed by atoms with van der Waals surface area (Å²) < 4.78 is 0. The Balaban J connectivity index is 2.23. The van der Waals surface area contributed by atoms with Gasteiger partial charge in [0.1, 0.15) is 5.69 Å². The molecule has 2 rings (SSSR count). The van der Waals surface area contributed by atoms with Crippen LogP contribution in [-0.2, 0) is 0 Å². The molecule has 5 heteroatoms. The van der Waals surface area contributed by atoms with Crippen LogP contribution in [0.4, 0.5) is 11.4 Å². The molecule has 0 saturated carbocycles. The van der Waals surface area contributed by atoms with Crippen LogP contribution in [0.3, 0.4) is 0 Å². The molecule has 0 aliphatic carbocycles. The number of aliphatic hydroxyl groups excluding tert-OH is 1. The van der Waals surface area contributed by atoms with Crippen molar-refractivity contribution in [3.8, 4) is 0 Å². The third-order valence-corrected chi connectivity index (χ3v) is 3.56. The first-order valence-electron chi connectivity index (χ1n) is 6.26. The number of benzene rings is 1. The fourth-order valence-electron chi connectivity index (χ4n) is 2.51. The van der Waals surface area contributed by atoms with Crippen molar-refractivity contribution in [3.05, 3.63) is 34.4 Å². The second-order valence-corrected chi connectivity index (χ2v) is 4.83. The van der Waals surface area contributed by atoms with E-state index in [-0.39, 0.29) is 22.6 Å². The Labute approximate surface area is 106 Å². The van der Waals surface area contributed by atoms with E-state index in [1.54, 1.807) is 19.1 Å². The van der Waals surface area contributed by atoms with Gasteiger partial charge in [-0.15, -0.1) is 0 Å². The van der Waals surface area contributed by atoms with E-state index in [1.165, 1.54) is 6.07 Å². The third kappa shape index (κ3) is 2.61. The van der Waals surface area contributed by atoms with E-state index in [0.717, 1.165) is 19.4 Å². The van der Waals surface area contributed by atoms with Gasteiger partial charge in [0.15, 0.2) is 0 Å². The molecule has 0 spiro atoms. The maximum atomic E-state index is 11.0. The summed E-state index contributed by atoms with van der Waals surface area (Å²) in [6.45, 7) is 3.28. The molecule has 98 valence electrons. The van der Waals surface area contributed by atoms with Crippen molar-refractivity contribution in [1.29, 1.82) is 0 Å². The topological polar surface area (TPSA) is 66.6 Å². The van der Waals surface area contributed by atoms with Crippen molar-refractivity contribution in [1.82, 2.24) is 0 Å². The first-order valence-corrected chi connectivity index (χ1v) is 6.26. The van der Waals surface area contributed by atoms with Crippen LogP contribution in [0.5, 0.6) is 0 Å². The molecule has 1 aliphatic rings.